The van der Waals surface area contributed by atoms with Crippen LogP contribution in [0, 0.1) is 0 Å². The minimum absolute atomic E-state index is 0.0371. The van der Waals surface area contributed by atoms with E-state index < -0.39 is 41.4 Å². The number of hydrogen-bond donors (Lipinski definition) is 0. The predicted molar refractivity (Wildman–Crippen MR) is 122 cm³/mol. The lowest BCUT2D eigenvalue weighted by atomic mass is 10.1. The first-order valence-electron chi connectivity index (χ1n) is 10.5. The van der Waals surface area contributed by atoms with Crippen LogP contribution in [0.2, 0.25) is 0 Å². The minimum atomic E-state index is -4.61. The van der Waals surface area contributed by atoms with Crippen LogP contribution in [0.3, 0.4) is 0 Å². The summed E-state index contributed by atoms with van der Waals surface area (Å²) in [5, 5.41) is 1.85. The van der Waals surface area contributed by atoms with Gasteiger partial charge in [-0.1, -0.05) is 42.5 Å². The summed E-state index contributed by atoms with van der Waals surface area (Å²) in [4.78, 5) is 38.5. The lowest BCUT2D eigenvalue weighted by Crippen LogP contribution is -2.36. The van der Waals surface area contributed by atoms with Crippen LogP contribution in [-0.4, -0.2) is 23.3 Å². The van der Waals surface area contributed by atoms with Crippen molar-refractivity contribution in [3.63, 3.8) is 0 Å². The van der Waals surface area contributed by atoms with Crippen molar-refractivity contribution in [1.82, 2.24) is 0 Å². The molecule has 1 amide bonds. The smallest absolute Gasteiger partial charge is 0.416 e. The number of ether oxygens (including phenoxy) is 1. The van der Waals surface area contributed by atoms with Crippen LogP contribution in [0.15, 0.2) is 66.7 Å². The third-order valence-electron chi connectivity index (χ3n) is 4.88. The molecule has 0 bridgehead atoms. The number of amides is 1. The highest BCUT2D eigenvalue weighted by Crippen LogP contribution is 2.32. The first kappa shape index (κ1) is 25.0. The number of halogens is 3. The highest BCUT2D eigenvalue weighted by molar-refractivity contribution is 6.37. The van der Waals surface area contributed by atoms with Gasteiger partial charge in [0.25, 0.3) is 0 Å². The number of nitrogens with zero attached hydrogens (tertiary/aromatic N) is 1. The highest BCUT2D eigenvalue weighted by atomic mass is 19.4. The molecule has 0 saturated carbocycles. The van der Waals surface area contributed by atoms with Crippen molar-refractivity contribution in [2.75, 3.05) is 4.90 Å². The number of benzene rings is 3. The maximum atomic E-state index is 13.3. The van der Waals surface area contributed by atoms with Crippen LogP contribution in [0.5, 0.6) is 0 Å². The summed E-state index contributed by atoms with van der Waals surface area (Å²) in [5.41, 5.74) is -1.25. The fraction of sp³-hybridized carbons (Fsp3) is 0.269. The number of Topliss-reactive ketones (excluding diaryl/α,β-unsaturated/α-hetero) is 1. The largest absolute Gasteiger partial charge is 0.454 e. The molecule has 0 atom stereocenters. The van der Waals surface area contributed by atoms with Crippen molar-refractivity contribution >= 4 is 34.1 Å². The lowest BCUT2D eigenvalue weighted by molar-refractivity contribution is -0.163. The van der Waals surface area contributed by atoms with Crippen molar-refractivity contribution in [3.05, 3.63) is 77.9 Å². The van der Waals surface area contributed by atoms with Gasteiger partial charge in [0.1, 0.15) is 5.60 Å². The highest BCUT2D eigenvalue weighted by Gasteiger charge is 2.32. The summed E-state index contributed by atoms with van der Waals surface area (Å²) in [5.74, 6) is -3.06. The van der Waals surface area contributed by atoms with Gasteiger partial charge in [-0.3, -0.25) is 9.59 Å². The molecule has 34 heavy (non-hydrogen) atoms. The second-order valence-corrected chi connectivity index (χ2v) is 8.81. The Morgan fingerprint density at radius 2 is 1.53 bits per heavy atom. The molecule has 0 spiro atoms. The third-order valence-corrected chi connectivity index (χ3v) is 4.88. The van der Waals surface area contributed by atoms with Gasteiger partial charge in [-0.2, -0.15) is 13.2 Å². The SMILES string of the molecule is CC(C)(C)OC(=O)C(=O)CC(=O)N(Cc1ccc2ccccc2c1)c1cccc(C(F)(F)F)c1. The van der Waals surface area contributed by atoms with Crippen LogP contribution in [-0.2, 0) is 31.8 Å². The number of rotatable bonds is 6. The first-order valence-corrected chi connectivity index (χ1v) is 10.5. The summed E-state index contributed by atoms with van der Waals surface area (Å²) >= 11 is 0. The van der Waals surface area contributed by atoms with Crippen LogP contribution in [0.25, 0.3) is 10.8 Å². The number of alkyl halides is 3. The molecular weight excluding hydrogens is 447 g/mol. The predicted octanol–water partition coefficient (Wildman–Crippen LogP) is 5.69. The zero-order valence-corrected chi connectivity index (χ0v) is 19.0. The molecular formula is C26H24F3NO4. The summed E-state index contributed by atoms with van der Waals surface area (Å²) in [6.45, 7) is 4.64. The van der Waals surface area contributed by atoms with E-state index in [1.54, 1.807) is 26.8 Å². The van der Waals surface area contributed by atoms with Gasteiger partial charge in [0, 0.05) is 5.69 Å². The second-order valence-electron chi connectivity index (χ2n) is 8.81. The van der Waals surface area contributed by atoms with Gasteiger partial charge in [0.2, 0.25) is 11.7 Å². The van der Waals surface area contributed by atoms with Gasteiger partial charge in [-0.25, -0.2) is 4.79 Å². The van der Waals surface area contributed by atoms with Crippen molar-refractivity contribution in [2.45, 2.75) is 45.5 Å². The average Bonchev–Trinajstić information content (AvgIpc) is 2.75. The molecule has 3 aromatic rings. The Hall–Kier alpha value is -3.68. The standard InChI is InChI=1S/C26H24F3NO4/c1-25(2,3)34-24(33)22(31)15-23(32)30(21-10-6-9-20(14-21)26(27,28)29)16-17-11-12-18-7-4-5-8-19(18)13-17/h4-14H,15-16H2,1-3H3. The molecule has 0 heterocycles. The van der Waals surface area contributed by atoms with Gasteiger partial charge >= 0.3 is 12.1 Å². The summed E-state index contributed by atoms with van der Waals surface area (Å²) in [7, 11) is 0. The van der Waals surface area contributed by atoms with E-state index in [1.165, 1.54) is 12.1 Å². The van der Waals surface area contributed by atoms with E-state index in [9.17, 15) is 27.6 Å². The zero-order chi connectivity index (χ0) is 25.1. The molecule has 5 nitrogen and oxygen atoms in total. The molecule has 0 N–H and O–H groups in total. The number of ketones is 1. The quantitative estimate of drug-likeness (QED) is 0.263. The van der Waals surface area contributed by atoms with Crippen LogP contribution in [0.1, 0.15) is 38.3 Å². The Kier molecular flexibility index (Phi) is 7.09. The monoisotopic (exact) mass is 471 g/mol. The molecule has 0 fully saturated rings. The number of fused-ring (bicyclic) bond motifs is 1. The van der Waals surface area contributed by atoms with Crippen molar-refractivity contribution in [2.24, 2.45) is 0 Å². The maximum Gasteiger partial charge on any atom is 0.416 e. The van der Waals surface area contributed by atoms with E-state index in [1.807, 2.05) is 36.4 Å². The topological polar surface area (TPSA) is 63.7 Å². The third kappa shape index (κ3) is 6.43. The Morgan fingerprint density at radius 3 is 2.18 bits per heavy atom. The van der Waals surface area contributed by atoms with Gasteiger partial charge in [-0.15, -0.1) is 0 Å². The molecule has 0 aromatic heterocycles. The van der Waals surface area contributed by atoms with E-state index in [-0.39, 0.29) is 12.2 Å². The Balaban J connectivity index is 1.93. The molecule has 0 saturated heterocycles. The van der Waals surface area contributed by atoms with E-state index in [4.69, 9.17) is 4.74 Å². The second kappa shape index (κ2) is 9.67. The summed E-state index contributed by atoms with van der Waals surface area (Å²) in [6.07, 6.45) is -5.45. The molecule has 3 rings (SSSR count). The molecule has 0 aliphatic heterocycles. The van der Waals surface area contributed by atoms with Crippen LogP contribution in [0.4, 0.5) is 18.9 Å². The van der Waals surface area contributed by atoms with Gasteiger partial charge in [-0.05, 0) is 61.4 Å². The fourth-order valence-electron chi connectivity index (χ4n) is 3.33. The van der Waals surface area contributed by atoms with Gasteiger partial charge in [0.15, 0.2) is 0 Å². The number of carbonyl (C=O) groups excluding carboxylic acids is 3. The zero-order valence-electron chi connectivity index (χ0n) is 19.0. The Labute approximate surface area is 195 Å². The van der Waals surface area contributed by atoms with Crippen molar-refractivity contribution in [3.8, 4) is 0 Å². The average molecular weight is 471 g/mol. The van der Waals surface area contributed by atoms with Gasteiger partial charge < -0.3 is 9.64 Å². The van der Waals surface area contributed by atoms with E-state index in [0.29, 0.717) is 5.56 Å². The first-order chi connectivity index (χ1) is 15.8. The molecule has 0 unspecified atom stereocenters. The van der Waals surface area contributed by atoms with Crippen molar-refractivity contribution in [1.29, 1.82) is 0 Å². The number of carbonyl (C=O) groups is 3. The molecule has 8 heteroatoms. The molecule has 3 aromatic carbocycles. The molecule has 0 radical (unpaired) electrons. The lowest BCUT2D eigenvalue weighted by Gasteiger charge is -2.24. The number of anilines is 1. The van der Waals surface area contributed by atoms with Crippen molar-refractivity contribution < 1.29 is 32.3 Å². The molecule has 0 aliphatic carbocycles. The normalized spacial score (nSPS) is 11.8. The fourth-order valence-corrected chi connectivity index (χ4v) is 3.33. The maximum absolute atomic E-state index is 13.3. The van der Waals surface area contributed by atoms with E-state index in [2.05, 4.69) is 0 Å². The minimum Gasteiger partial charge on any atom is -0.454 e. The molecule has 0 aliphatic rings. The van der Waals surface area contributed by atoms with Crippen LogP contribution < -0.4 is 4.90 Å². The van der Waals surface area contributed by atoms with E-state index >= 15 is 0 Å². The number of hydrogen-bond acceptors (Lipinski definition) is 4. The summed E-state index contributed by atoms with van der Waals surface area (Å²) < 4.78 is 44.9. The summed E-state index contributed by atoms with van der Waals surface area (Å²) in [6, 6.07) is 17.2. The molecule has 178 valence electrons. The Bertz CT molecular complexity index is 1230. The number of esters is 1. The van der Waals surface area contributed by atoms with Gasteiger partial charge in [0.05, 0.1) is 18.5 Å². The Morgan fingerprint density at radius 1 is 0.853 bits per heavy atom. The van der Waals surface area contributed by atoms with E-state index in [0.717, 1.165) is 27.8 Å². The van der Waals surface area contributed by atoms with Crippen LogP contribution >= 0.6 is 0 Å².